The number of carbonyl (C=O) groups is 1. The summed E-state index contributed by atoms with van der Waals surface area (Å²) in [6, 6.07) is 1.62. The molecule has 0 aliphatic rings. The molecule has 0 saturated heterocycles. The van der Waals surface area contributed by atoms with Crippen LogP contribution in [0.3, 0.4) is 0 Å². The van der Waals surface area contributed by atoms with Gasteiger partial charge >= 0.3 is 5.97 Å². The van der Waals surface area contributed by atoms with Gasteiger partial charge in [0.25, 0.3) is 0 Å². The van der Waals surface area contributed by atoms with Crippen LogP contribution in [0.15, 0.2) is 24.1 Å². The smallest absolute Gasteiger partial charge is 0.336 e. The number of aromatic carboxylic acids is 1. The Hall–Kier alpha value is -1.09. The van der Waals surface area contributed by atoms with Crippen molar-refractivity contribution in [3.63, 3.8) is 0 Å². The van der Waals surface area contributed by atoms with Crippen molar-refractivity contribution in [3.8, 4) is 0 Å². The van der Waals surface area contributed by atoms with Crippen LogP contribution in [0.5, 0.6) is 0 Å². The van der Waals surface area contributed by atoms with E-state index in [1.54, 1.807) is 17.5 Å². The third-order valence-corrected chi connectivity index (χ3v) is 2.25. The maximum Gasteiger partial charge on any atom is 0.336 e. The molecular formula is C8H8O2S. The van der Waals surface area contributed by atoms with Gasteiger partial charge in [-0.1, -0.05) is 6.08 Å². The molecule has 0 aliphatic carbocycles. The van der Waals surface area contributed by atoms with E-state index >= 15 is 0 Å². The van der Waals surface area contributed by atoms with Gasteiger partial charge in [0.1, 0.15) is 0 Å². The second-order valence-electron chi connectivity index (χ2n) is 2.06. The predicted octanol–water partition coefficient (Wildman–Crippen LogP) is 2.17. The lowest BCUT2D eigenvalue weighted by Crippen LogP contribution is -1.96. The minimum absolute atomic E-state index is 0.398. The van der Waals surface area contributed by atoms with Gasteiger partial charge in [0, 0.05) is 11.3 Å². The quantitative estimate of drug-likeness (QED) is 0.702. The molecule has 0 radical (unpaired) electrons. The largest absolute Gasteiger partial charge is 0.478 e. The molecule has 0 aromatic carbocycles. The lowest BCUT2D eigenvalue weighted by Gasteiger charge is -1.92. The lowest BCUT2D eigenvalue weighted by atomic mass is 10.2. The number of thiophene rings is 1. The summed E-state index contributed by atoms with van der Waals surface area (Å²) in [4.78, 5) is 11.4. The van der Waals surface area contributed by atoms with Gasteiger partial charge in [0.05, 0.1) is 5.56 Å². The first-order valence-electron chi connectivity index (χ1n) is 3.16. The van der Waals surface area contributed by atoms with Crippen LogP contribution >= 0.6 is 11.3 Å². The maximum atomic E-state index is 10.5. The van der Waals surface area contributed by atoms with Crippen LogP contribution < -0.4 is 0 Å². The van der Waals surface area contributed by atoms with Gasteiger partial charge in [-0.15, -0.1) is 17.9 Å². The second-order valence-corrected chi connectivity index (χ2v) is 3.06. The summed E-state index contributed by atoms with van der Waals surface area (Å²) in [7, 11) is 0. The van der Waals surface area contributed by atoms with Gasteiger partial charge in [-0.25, -0.2) is 4.79 Å². The Balaban J connectivity index is 2.95. The first-order chi connectivity index (χ1) is 5.25. The predicted molar refractivity (Wildman–Crippen MR) is 45.2 cm³/mol. The Morgan fingerprint density at radius 2 is 2.55 bits per heavy atom. The van der Waals surface area contributed by atoms with E-state index in [0.29, 0.717) is 12.0 Å². The summed E-state index contributed by atoms with van der Waals surface area (Å²) >= 11 is 1.45. The van der Waals surface area contributed by atoms with Crippen molar-refractivity contribution in [2.75, 3.05) is 0 Å². The normalized spacial score (nSPS) is 9.45. The van der Waals surface area contributed by atoms with Crippen LogP contribution in [0.1, 0.15) is 15.2 Å². The zero-order chi connectivity index (χ0) is 8.27. The standard InChI is InChI=1S/C8H8O2S/c1-2-3-7-6(8(9)10)4-5-11-7/h2,4-5H,1,3H2,(H,9,10). The number of carboxylic acid groups (broad SMARTS) is 1. The Morgan fingerprint density at radius 1 is 1.82 bits per heavy atom. The highest BCUT2D eigenvalue weighted by Crippen LogP contribution is 2.17. The van der Waals surface area contributed by atoms with Gasteiger partial charge in [0.2, 0.25) is 0 Å². The fraction of sp³-hybridized carbons (Fsp3) is 0.125. The zero-order valence-electron chi connectivity index (χ0n) is 5.91. The monoisotopic (exact) mass is 168 g/mol. The SMILES string of the molecule is C=CCc1sccc1C(=O)O. The van der Waals surface area contributed by atoms with Gasteiger partial charge in [0.15, 0.2) is 0 Å². The van der Waals surface area contributed by atoms with E-state index in [-0.39, 0.29) is 0 Å². The molecule has 1 heterocycles. The summed E-state index contributed by atoms with van der Waals surface area (Å²) in [5.41, 5.74) is 0.398. The Morgan fingerprint density at radius 3 is 3.09 bits per heavy atom. The number of allylic oxidation sites excluding steroid dienone is 1. The van der Waals surface area contributed by atoms with E-state index in [1.165, 1.54) is 11.3 Å². The zero-order valence-corrected chi connectivity index (χ0v) is 6.73. The van der Waals surface area contributed by atoms with Crippen LogP contribution in [0.2, 0.25) is 0 Å². The van der Waals surface area contributed by atoms with E-state index < -0.39 is 5.97 Å². The molecule has 0 saturated carbocycles. The minimum Gasteiger partial charge on any atom is -0.478 e. The summed E-state index contributed by atoms with van der Waals surface area (Å²) in [6.07, 6.45) is 2.34. The average Bonchev–Trinajstić information content (AvgIpc) is 2.36. The number of hydrogen-bond acceptors (Lipinski definition) is 2. The molecule has 0 atom stereocenters. The molecule has 0 aliphatic heterocycles. The highest BCUT2D eigenvalue weighted by atomic mass is 32.1. The highest BCUT2D eigenvalue weighted by Gasteiger charge is 2.08. The van der Waals surface area contributed by atoms with E-state index in [1.807, 2.05) is 0 Å². The van der Waals surface area contributed by atoms with Crippen molar-refractivity contribution in [3.05, 3.63) is 34.5 Å². The molecule has 58 valence electrons. The van der Waals surface area contributed by atoms with E-state index in [2.05, 4.69) is 6.58 Å². The van der Waals surface area contributed by atoms with Crippen molar-refractivity contribution < 1.29 is 9.90 Å². The molecule has 1 rings (SSSR count). The number of rotatable bonds is 3. The van der Waals surface area contributed by atoms with Gasteiger partial charge in [-0.05, 0) is 11.4 Å². The van der Waals surface area contributed by atoms with Crippen LogP contribution in [-0.4, -0.2) is 11.1 Å². The molecule has 1 aromatic heterocycles. The Bertz CT molecular complexity index is 275. The topological polar surface area (TPSA) is 37.3 Å². The summed E-state index contributed by atoms with van der Waals surface area (Å²) in [5, 5.41) is 10.4. The van der Waals surface area contributed by atoms with E-state index in [0.717, 1.165) is 4.88 Å². The van der Waals surface area contributed by atoms with Gasteiger partial charge in [-0.3, -0.25) is 0 Å². The van der Waals surface area contributed by atoms with Crippen LogP contribution in [-0.2, 0) is 6.42 Å². The Labute approximate surface area is 68.8 Å². The van der Waals surface area contributed by atoms with Crippen LogP contribution in [0.25, 0.3) is 0 Å². The molecule has 3 heteroatoms. The summed E-state index contributed by atoms with van der Waals surface area (Å²) in [5.74, 6) is -0.858. The molecule has 1 N–H and O–H groups in total. The van der Waals surface area contributed by atoms with E-state index in [4.69, 9.17) is 5.11 Å². The van der Waals surface area contributed by atoms with Crippen molar-refractivity contribution in [2.45, 2.75) is 6.42 Å². The molecule has 11 heavy (non-hydrogen) atoms. The number of hydrogen-bond donors (Lipinski definition) is 1. The Kier molecular flexibility index (Phi) is 2.44. The van der Waals surface area contributed by atoms with Crippen molar-refractivity contribution >= 4 is 17.3 Å². The van der Waals surface area contributed by atoms with Crippen molar-refractivity contribution in [1.82, 2.24) is 0 Å². The third-order valence-electron chi connectivity index (χ3n) is 1.31. The molecular weight excluding hydrogens is 160 g/mol. The second kappa shape index (κ2) is 3.34. The molecule has 1 aromatic rings. The molecule has 0 bridgehead atoms. The van der Waals surface area contributed by atoms with Gasteiger partial charge < -0.3 is 5.11 Å². The fourth-order valence-electron chi connectivity index (χ4n) is 0.820. The molecule has 0 fully saturated rings. The first kappa shape index (κ1) is 8.01. The summed E-state index contributed by atoms with van der Waals surface area (Å²) < 4.78 is 0. The van der Waals surface area contributed by atoms with Crippen LogP contribution in [0.4, 0.5) is 0 Å². The van der Waals surface area contributed by atoms with Crippen LogP contribution in [0, 0.1) is 0 Å². The van der Waals surface area contributed by atoms with Crippen molar-refractivity contribution in [2.24, 2.45) is 0 Å². The van der Waals surface area contributed by atoms with Gasteiger partial charge in [-0.2, -0.15) is 0 Å². The molecule has 0 spiro atoms. The first-order valence-corrected chi connectivity index (χ1v) is 4.04. The molecule has 2 nitrogen and oxygen atoms in total. The van der Waals surface area contributed by atoms with E-state index in [9.17, 15) is 4.79 Å². The minimum atomic E-state index is -0.858. The lowest BCUT2D eigenvalue weighted by molar-refractivity contribution is 0.0696. The summed E-state index contributed by atoms with van der Waals surface area (Å²) in [6.45, 7) is 3.55. The molecule has 0 amide bonds. The maximum absolute atomic E-state index is 10.5. The fourth-order valence-corrected chi connectivity index (χ4v) is 1.69. The number of carboxylic acids is 1. The molecule has 0 unspecified atom stereocenters. The van der Waals surface area contributed by atoms with Crippen molar-refractivity contribution in [1.29, 1.82) is 0 Å². The third kappa shape index (κ3) is 1.68. The average molecular weight is 168 g/mol. The highest BCUT2D eigenvalue weighted by molar-refractivity contribution is 7.10.